The zero-order valence-electron chi connectivity index (χ0n) is 10.2. The Kier molecular flexibility index (Phi) is 2.67. The van der Waals surface area contributed by atoms with Crippen LogP contribution in [0.3, 0.4) is 0 Å². The Morgan fingerprint density at radius 1 is 1.35 bits per heavy atom. The number of pyridine rings is 1. The molecule has 2 heterocycles. The van der Waals surface area contributed by atoms with Gasteiger partial charge in [-0.05, 0) is 38.5 Å². The first kappa shape index (κ1) is 11.3. The van der Waals surface area contributed by atoms with Crippen molar-refractivity contribution < 1.29 is 0 Å². The molecule has 0 aliphatic heterocycles. The van der Waals surface area contributed by atoms with Crippen molar-refractivity contribution >= 4 is 5.84 Å². The zero-order chi connectivity index (χ0) is 12.6. The number of nitrogens with one attached hydrogen (secondary N) is 1. The lowest BCUT2D eigenvalue weighted by Crippen LogP contribution is -2.13. The van der Waals surface area contributed by atoms with Gasteiger partial charge in [-0.1, -0.05) is 0 Å². The first-order valence-corrected chi connectivity index (χ1v) is 5.34. The highest BCUT2D eigenvalue weighted by molar-refractivity contribution is 5.93. The quantitative estimate of drug-likeness (QED) is 0.604. The van der Waals surface area contributed by atoms with Gasteiger partial charge >= 0.3 is 0 Å². The molecular formula is C12H15N5. The molecule has 0 aliphatic carbocycles. The Bertz CT molecular complexity index is 583. The van der Waals surface area contributed by atoms with Crippen LogP contribution < -0.4 is 5.73 Å². The van der Waals surface area contributed by atoms with Crippen LogP contribution in [0.25, 0.3) is 5.69 Å². The molecule has 0 fully saturated rings. The van der Waals surface area contributed by atoms with E-state index in [2.05, 4.69) is 10.1 Å². The lowest BCUT2D eigenvalue weighted by Gasteiger charge is -2.05. The monoisotopic (exact) mass is 229 g/mol. The maximum Gasteiger partial charge on any atom is 0.141 e. The van der Waals surface area contributed by atoms with Crippen molar-refractivity contribution in [1.82, 2.24) is 14.8 Å². The van der Waals surface area contributed by atoms with E-state index in [4.69, 9.17) is 11.1 Å². The first-order valence-electron chi connectivity index (χ1n) is 5.34. The Balaban J connectivity index is 2.56. The highest BCUT2D eigenvalue weighted by atomic mass is 15.3. The molecular weight excluding hydrogens is 214 g/mol. The number of rotatable bonds is 2. The van der Waals surface area contributed by atoms with Gasteiger partial charge in [0.15, 0.2) is 0 Å². The van der Waals surface area contributed by atoms with E-state index >= 15 is 0 Å². The van der Waals surface area contributed by atoms with Gasteiger partial charge in [0.05, 0.1) is 11.4 Å². The minimum Gasteiger partial charge on any atom is -0.382 e. The smallest absolute Gasteiger partial charge is 0.141 e. The average Bonchev–Trinajstić information content (AvgIpc) is 2.57. The highest BCUT2D eigenvalue weighted by Gasteiger charge is 2.09. The first-order chi connectivity index (χ1) is 8.00. The van der Waals surface area contributed by atoms with Crippen LogP contribution in [0, 0.1) is 26.2 Å². The Labute approximate surface area is 99.8 Å². The number of nitrogen functional groups attached to an aromatic ring is 1. The Morgan fingerprint density at radius 3 is 2.59 bits per heavy atom. The van der Waals surface area contributed by atoms with Gasteiger partial charge in [-0.15, -0.1) is 0 Å². The number of aromatic nitrogens is 3. The molecule has 17 heavy (non-hydrogen) atoms. The van der Waals surface area contributed by atoms with Gasteiger partial charge in [-0.2, -0.15) is 5.10 Å². The van der Waals surface area contributed by atoms with E-state index in [9.17, 15) is 0 Å². The predicted molar refractivity (Wildman–Crippen MR) is 66.6 cm³/mol. The fourth-order valence-electron chi connectivity index (χ4n) is 1.67. The van der Waals surface area contributed by atoms with Crippen molar-refractivity contribution in [2.75, 3.05) is 0 Å². The SMILES string of the molecule is Cc1nn(-c2ccnc(C(=N)N)c2)c(C)c1C. The number of hydrogen-bond acceptors (Lipinski definition) is 3. The fourth-order valence-corrected chi connectivity index (χ4v) is 1.67. The molecule has 0 spiro atoms. The van der Waals surface area contributed by atoms with E-state index in [1.54, 1.807) is 12.3 Å². The van der Waals surface area contributed by atoms with Gasteiger partial charge < -0.3 is 5.73 Å². The molecule has 2 aromatic heterocycles. The number of hydrogen-bond donors (Lipinski definition) is 2. The number of nitrogens with two attached hydrogens (primary N) is 1. The largest absolute Gasteiger partial charge is 0.382 e. The van der Waals surface area contributed by atoms with Gasteiger partial charge in [-0.25, -0.2) is 4.68 Å². The van der Waals surface area contributed by atoms with Gasteiger partial charge in [0.25, 0.3) is 0 Å². The summed E-state index contributed by atoms with van der Waals surface area (Å²) >= 11 is 0. The molecule has 2 aromatic rings. The van der Waals surface area contributed by atoms with E-state index in [0.717, 1.165) is 17.1 Å². The van der Waals surface area contributed by atoms with Crippen LogP contribution in [-0.4, -0.2) is 20.6 Å². The molecule has 0 amide bonds. The van der Waals surface area contributed by atoms with Crippen LogP contribution in [0.2, 0.25) is 0 Å². The van der Waals surface area contributed by atoms with E-state index in [0.29, 0.717) is 5.69 Å². The van der Waals surface area contributed by atoms with E-state index in [-0.39, 0.29) is 5.84 Å². The second-order valence-electron chi connectivity index (χ2n) is 4.02. The summed E-state index contributed by atoms with van der Waals surface area (Å²) in [5.41, 5.74) is 10.0. The zero-order valence-corrected chi connectivity index (χ0v) is 10.2. The molecule has 0 atom stereocenters. The topological polar surface area (TPSA) is 80.6 Å². The van der Waals surface area contributed by atoms with Crippen molar-refractivity contribution in [3.05, 3.63) is 41.0 Å². The molecule has 3 N–H and O–H groups in total. The normalized spacial score (nSPS) is 10.5. The molecule has 88 valence electrons. The minimum absolute atomic E-state index is 0.0369. The lowest BCUT2D eigenvalue weighted by molar-refractivity contribution is 0.830. The van der Waals surface area contributed by atoms with Crippen LogP contribution in [0.4, 0.5) is 0 Å². The summed E-state index contributed by atoms with van der Waals surface area (Å²) in [6.45, 7) is 6.04. The average molecular weight is 229 g/mol. The standard InChI is InChI=1S/C12H15N5/c1-7-8(2)16-17(9(7)3)10-4-5-15-11(6-10)12(13)14/h4-6H,1-3H3,(H3,13,14). The van der Waals surface area contributed by atoms with Crippen molar-refractivity contribution in [3.63, 3.8) is 0 Å². The van der Waals surface area contributed by atoms with Gasteiger partial charge in [0.2, 0.25) is 0 Å². The molecule has 0 radical (unpaired) electrons. The van der Waals surface area contributed by atoms with Crippen LogP contribution >= 0.6 is 0 Å². The van der Waals surface area contributed by atoms with Crippen molar-refractivity contribution in [3.8, 4) is 5.69 Å². The summed E-state index contributed by atoms with van der Waals surface area (Å²) in [6, 6.07) is 3.62. The van der Waals surface area contributed by atoms with Crippen LogP contribution in [0.1, 0.15) is 22.6 Å². The molecule has 2 rings (SSSR count). The fraction of sp³-hybridized carbons (Fsp3) is 0.250. The molecule has 0 saturated carbocycles. The molecule has 0 unspecified atom stereocenters. The Hall–Kier alpha value is -2.17. The van der Waals surface area contributed by atoms with Crippen LogP contribution in [-0.2, 0) is 0 Å². The summed E-state index contributed by atoms with van der Waals surface area (Å²) in [5, 5.41) is 11.8. The second kappa shape index (κ2) is 4.01. The predicted octanol–water partition coefficient (Wildman–Crippen LogP) is 1.48. The van der Waals surface area contributed by atoms with Crippen molar-refractivity contribution in [1.29, 1.82) is 5.41 Å². The van der Waals surface area contributed by atoms with Gasteiger partial charge in [0, 0.05) is 11.9 Å². The van der Waals surface area contributed by atoms with Crippen molar-refractivity contribution in [2.45, 2.75) is 20.8 Å². The van der Waals surface area contributed by atoms with E-state index in [1.165, 1.54) is 5.56 Å². The van der Waals surface area contributed by atoms with Gasteiger partial charge in [0.1, 0.15) is 11.5 Å². The lowest BCUT2D eigenvalue weighted by atomic mass is 10.2. The Morgan fingerprint density at radius 2 is 2.06 bits per heavy atom. The molecule has 0 aliphatic rings. The molecule has 0 bridgehead atoms. The maximum absolute atomic E-state index is 7.38. The third-order valence-corrected chi connectivity index (χ3v) is 2.92. The highest BCUT2D eigenvalue weighted by Crippen LogP contribution is 2.16. The molecule has 5 nitrogen and oxygen atoms in total. The number of nitrogens with zero attached hydrogens (tertiary/aromatic N) is 3. The third-order valence-electron chi connectivity index (χ3n) is 2.92. The summed E-state index contributed by atoms with van der Waals surface area (Å²) in [5.74, 6) is -0.0369. The summed E-state index contributed by atoms with van der Waals surface area (Å²) < 4.78 is 1.85. The summed E-state index contributed by atoms with van der Waals surface area (Å²) in [4.78, 5) is 4.03. The third kappa shape index (κ3) is 1.91. The number of amidine groups is 1. The van der Waals surface area contributed by atoms with Crippen LogP contribution in [0.5, 0.6) is 0 Å². The van der Waals surface area contributed by atoms with Gasteiger partial charge in [-0.3, -0.25) is 10.4 Å². The van der Waals surface area contributed by atoms with E-state index in [1.807, 2.05) is 31.5 Å². The summed E-state index contributed by atoms with van der Waals surface area (Å²) in [7, 11) is 0. The van der Waals surface area contributed by atoms with E-state index < -0.39 is 0 Å². The molecule has 0 aromatic carbocycles. The number of aryl methyl sites for hydroxylation is 1. The maximum atomic E-state index is 7.38. The molecule has 0 saturated heterocycles. The van der Waals surface area contributed by atoms with Crippen LogP contribution in [0.15, 0.2) is 18.3 Å². The second-order valence-corrected chi connectivity index (χ2v) is 4.02. The van der Waals surface area contributed by atoms with Crippen molar-refractivity contribution in [2.24, 2.45) is 5.73 Å². The molecule has 5 heteroatoms. The minimum atomic E-state index is -0.0369. The summed E-state index contributed by atoms with van der Waals surface area (Å²) in [6.07, 6.45) is 1.64.